The summed E-state index contributed by atoms with van der Waals surface area (Å²) in [4.78, 5) is 27.1. The maximum absolute atomic E-state index is 12.3. The lowest BCUT2D eigenvalue weighted by Gasteiger charge is -2.01. The van der Waals surface area contributed by atoms with E-state index in [1.165, 1.54) is 16.9 Å². The molecule has 0 saturated carbocycles. The van der Waals surface area contributed by atoms with Crippen LogP contribution in [0.2, 0.25) is 0 Å². The van der Waals surface area contributed by atoms with Gasteiger partial charge in [0.15, 0.2) is 0 Å². The maximum Gasteiger partial charge on any atom is 0.346 e. The van der Waals surface area contributed by atoms with Gasteiger partial charge in [0.25, 0.3) is 0 Å². The number of hydrogen-bond acceptors (Lipinski definition) is 4. The molecule has 3 rings (SSSR count). The minimum absolute atomic E-state index is 0.115. The SMILES string of the molecule is O=C(O)c1ccc(Cn2nc3n(c2=O)CCCCC3)nc1. The maximum atomic E-state index is 12.3. The molecule has 7 nitrogen and oxygen atoms in total. The third kappa shape index (κ3) is 2.72. The lowest BCUT2D eigenvalue weighted by atomic mass is 10.2. The van der Waals surface area contributed by atoms with Gasteiger partial charge in [0.05, 0.1) is 17.8 Å². The highest BCUT2D eigenvalue weighted by Crippen LogP contribution is 2.10. The number of hydrogen-bond donors (Lipinski definition) is 1. The summed E-state index contributed by atoms with van der Waals surface area (Å²) in [6.07, 6.45) is 5.31. The largest absolute Gasteiger partial charge is 0.478 e. The molecular formula is C14H16N4O3. The molecule has 110 valence electrons. The van der Waals surface area contributed by atoms with Crippen LogP contribution in [0.15, 0.2) is 23.1 Å². The summed E-state index contributed by atoms with van der Waals surface area (Å²) >= 11 is 0. The van der Waals surface area contributed by atoms with Crippen LogP contribution in [0.3, 0.4) is 0 Å². The number of aryl methyl sites for hydroxylation is 1. The second-order valence-electron chi connectivity index (χ2n) is 5.16. The molecule has 1 aliphatic heterocycles. The number of carboxylic acid groups (broad SMARTS) is 1. The van der Waals surface area contributed by atoms with Crippen molar-refractivity contribution in [1.29, 1.82) is 0 Å². The van der Waals surface area contributed by atoms with Gasteiger partial charge >= 0.3 is 11.7 Å². The number of aromatic nitrogens is 4. The van der Waals surface area contributed by atoms with Crippen LogP contribution in [0, 0.1) is 0 Å². The van der Waals surface area contributed by atoms with E-state index in [4.69, 9.17) is 5.11 Å². The standard InChI is InChI=1S/C14H16N4O3/c19-13(20)10-5-6-11(15-8-10)9-18-14(21)17-7-3-1-2-4-12(17)16-18/h5-6,8H,1-4,7,9H2,(H,19,20). The Morgan fingerprint density at radius 1 is 1.29 bits per heavy atom. The van der Waals surface area contributed by atoms with E-state index in [0.29, 0.717) is 5.69 Å². The van der Waals surface area contributed by atoms with E-state index < -0.39 is 5.97 Å². The van der Waals surface area contributed by atoms with E-state index in [2.05, 4.69) is 10.1 Å². The van der Waals surface area contributed by atoms with Crippen molar-refractivity contribution in [2.75, 3.05) is 0 Å². The number of aromatic carboxylic acids is 1. The first-order chi connectivity index (χ1) is 10.1. The highest BCUT2D eigenvalue weighted by atomic mass is 16.4. The number of pyridine rings is 1. The van der Waals surface area contributed by atoms with Crippen LogP contribution in [-0.2, 0) is 19.5 Å². The van der Waals surface area contributed by atoms with Crippen LogP contribution < -0.4 is 5.69 Å². The summed E-state index contributed by atoms with van der Waals surface area (Å²) in [5.41, 5.74) is 0.637. The molecule has 3 heterocycles. The van der Waals surface area contributed by atoms with E-state index in [1.807, 2.05) is 0 Å². The van der Waals surface area contributed by atoms with Crippen molar-refractivity contribution < 1.29 is 9.90 Å². The van der Waals surface area contributed by atoms with Crippen molar-refractivity contribution in [1.82, 2.24) is 19.3 Å². The Morgan fingerprint density at radius 3 is 2.86 bits per heavy atom. The van der Waals surface area contributed by atoms with Crippen LogP contribution in [-0.4, -0.2) is 30.4 Å². The fourth-order valence-electron chi connectivity index (χ4n) is 2.53. The minimum atomic E-state index is -1.01. The molecule has 0 fully saturated rings. The molecule has 0 saturated heterocycles. The molecule has 1 N–H and O–H groups in total. The average molecular weight is 288 g/mol. The van der Waals surface area contributed by atoms with E-state index >= 15 is 0 Å². The summed E-state index contributed by atoms with van der Waals surface area (Å²) in [7, 11) is 0. The van der Waals surface area contributed by atoms with E-state index in [-0.39, 0.29) is 17.8 Å². The first kappa shape index (κ1) is 13.5. The molecule has 0 amide bonds. The Labute approximate surface area is 120 Å². The normalized spacial score (nSPS) is 14.5. The lowest BCUT2D eigenvalue weighted by Crippen LogP contribution is -2.26. The van der Waals surface area contributed by atoms with Gasteiger partial charge in [-0.05, 0) is 25.0 Å². The summed E-state index contributed by atoms with van der Waals surface area (Å²) in [5, 5.41) is 13.2. The fourth-order valence-corrected chi connectivity index (χ4v) is 2.53. The summed E-state index contributed by atoms with van der Waals surface area (Å²) in [6.45, 7) is 0.984. The third-order valence-corrected chi connectivity index (χ3v) is 3.66. The number of fused-ring (bicyclic) bond motifs is 1. The second kappa shape index (κ2) is 5.51. The first-order valence-electron chi connectivity index (χ1n) is 7.00. The van der Waals surface area contributed by atoms with Gasteiger partial charge in [0.1, 0.15) is 5.82 Å². The Balaban J connectivity index is 1.85. The quantitative estimate of drug-likeness (QED) is 0.906. The van der Waals surface area contributed by atoms with Crippen LogP contribution in [0.25, 0.3) is 0 Å². The van der Waals surface area contributed by atoms with Gasteiger partial charge in [-0.3, -0.25) is 9.55 Å². The van der Waals surface area contributed by atoms with Gasteiger partial charge in [-0.15, -0.1) is 0 Å². The van der Waals surface area contributed by atoms with Crippen LogP contribution in [0.5, 0.6) is 0 Å². The molecule has 0 radical (unpaired) electrons. The highest BCUT2D eigenvalue weighted by molar-refractivity contribution is 5.87. The van der Waals surface area contributed by atoms with Gasteiger partial charge in [0, 0.05) is 19.2 Å². The topological polar surface area (TPSA) is 90.0 Å². The summed E-state index contributed by atoms with van der Waals surface area (Å²) in [6, 6.07) is 3.09. The van der Waals surface area contributed by atoms with Gasteiger partial charge in [-0.25, -0.2) is 14.3 Å². The second-order valence-corrected chi connectivity index (χ2v) is 5.16. The zero-order chi connectivity index (χ0) is 14.8. The molecule has 0 aromatic carbocycles. The van der Waals surface area contributed by atoms with Crippen molar-refractivity contribution in [2.24, 2.45) is 0 Å². The monoisotopic (exact) mass is 288 g/mol. The molecule has 0 unspecified atom stereocenters. The Hall–Kier alpha value is -2.44. The van der Waals surface area contributed by atoms with E-state index in [0.717, 1.165) is 38.1 Å². The number of carbonyl (C=O) groups is 1. The highest BCUT2D eigenvalue weighted by Gasteiger charge is 2.16. The van der Waals surface area contributed by atoms with Gasteiger partial charge in [-0.1, -0.05) is 6.42 Å². The van der Waals surface area contributed by atoms with Crippen LogP contribution in [0.4, 0.5) is 0 Å². The predicted molar refractivity (Wildman–Crippen MR) is 74.3 cm³/mol. The molecule has 1 aliphatic rings. The van der Waals surface area contributed by atoms with Crippen molar-refractivity contribution in [3.8, 4) is 0 Å². The zero-order valence-corrected chi connectivity index (χ0v) is 11.5. The zero-order valence-electron chi connectivity index (χ0n) is 11.5. The Bertz CT molecular complexity index is 715. The van der Waals surface area contributed by atoms with Crippen molar-refractivity contribution >= 4 is 5.97 Å². The molecule has 2 aromatic heterocycles. The van der Waals surface area contributed by atoms with Crippen LogP contribution in [0.1, 0.15) is 41.1 Å². The Morgan fingerprint density at radius 2 is 2.14 bits per heavy atom. The lowest BCUT2D eigenvalue weighted by molar-refractivity contribution is 0.0696. The van der Waals surface area contributed by atoms with Gasteiger partial charge in [0.2, 0.25) is 0 Å². The molecule has 21 heavy (non-hydrogen) atoms. The molecule has 0 atom stereocenters. The molecule has 2 aromatic rings. The molecule has 0 spiro atoms. The van der Waals surface area contributed by atoms with E-state index in [9.17, 15) is 9.59 Å². The smallest absolute Gasteiger partial charge is 0.346 e. The number of rotatable bonds is 3. The fraction of sp³-hybridized carbons (Fsp3) is 0.429. The number of nitrogens with zero attached hydrogens (tertiary/aromatic N) is 4. The van der Waals surface area contributed by atoms with Gasteiger partial charge in [-0.2, -0.15) is 5.10 Å². The molecular weight excluding hydrogens is 272 g/mol. The van der Waals surface area contributed by atoms with Gasteiger partial charge < -0.3 is 5.11 Å². The molecule has 7 heteroatoms. The predicted octanol–water partition coefficient (Wildman–Crippen LogP) is 0.913. The average Bonchev–Trinajstić information content (AvgIpc) is 2.66. The first-order valence-corrected chi connectivity index (χ1v) is 7.00. The van der Waals surface area contributed by atoms with Crippen LogP contribution >= 0.6 is 0 Å². The van der Waals surface area contributed by atoms with Crippen molar-refractivity contribution in [3.63, 3.8) is 0 Å². The van der Waals surface area contributed by atoms with E-state index in [1.54, 1.807) is 10.6 Å². The summed E-state index contributed by atoms with van der Waals surface area (Å²) in [5.74, 6) is -0.181. The molecule has 0 bridgehead atoms. The minimum Gasteiger partial charge on any atom is -0.478 e. The summed E-state index contributed by atoms with van der Waals surface area (Å²) < 4.78 is 3.14. The van der Waals surface area contributed by atoms with Crippen molar-refractivity contribution in [2.45, 2.75) is 38.8 Å². The molecule has 0 aliphatic carbocycles. The number of carboxylic acids is 1. The Kier molecular flexibility index (Phi) is 3.55. The third-order valence-electron chi connectivity index (χ3n) is 3.66. The van der Waals surface area contributed by atoms with Crippen molar-refractivity contribution in [3.05, 3.63) is 45.9 Å².